The molecule has 0 bridgehead atoms. The highest BCUT2D eigenvalue weighted by Crippen LogP contribution is 2.40. The van der Waals surface area contributed by atoms with Crippen LogP contribution in [-0.4, -0.2) is 89.9 Å². The van der Waals surface area contributed by atoms with Crippen molar-refractivity contribution in [1.82, 2.24) is 35.8 Å². The fraction of sp³-hybridized carbons (Fsp3) is 0.372. The van der Waals surface area contributed by atoms with Crippen molar-refractivity contribution >= 4 is 57.8 Å². The largest absolute Gasteiger partial charge is 0.363 e. The van der Waals surface area contributed by atoms with Crippen LogP contribution < -0.4 is 32.3 Å². The van der Waals surface area contributed by atoms with Gasteiger partial charge in [-0.3, -0.25) is 14.4 Å². The lowest BCUT2D eigenvalue weighted by atomic mass is 10.0. The molecule has 0 saturated carbocycles. The zero-order valence-electron chi connectivity index (χ0n) is 33.3. The van der Waals surface area contributed by atoms with Gasteiger partial charge >= 0.3 is 0 Å². The molecular weight excluding hydrogens is 772 g/mol. The van der Waals surface area contributed by atoms with Crippen LogP contribution in [0.3, 0.4) is 0 Å². The average Bonchev–Trinajstić information content (AvgIpc) is 3.64. The van der Waals surface area contributed by atoms with E-state index in [2.05, 4.69) is 25.9 Å². The number of unbranched alkanes of at least 4 members (excludes halogenated alkanes) is 1. The molecule has 15 heteroatoms. The number of nitrogens with two attached hydrogens (primary N) is 2. The molecule has 0 spiro atoms. The predicted octanol–water partition coefficient (Wildman–Crippen LogP) is 5.01. The number of hydrogen-bond acceptors (Lipinski definition) is 10. The summed E-state index contributed by atoms with van der Waals surface area (Å²) in [7, 11) is 5.50. The standard InChI is InChI=1S/C43H53ClN10O3S/c1-53(2)38-16-15-27(23-50-38)29-20-31-26-51-41(56)37(22-30-25-48-34-12-5-4-11-32(30)34)54(3)43(57)36(13-6-7-17-45)52-40(55)35(14-8-18-46)49-24-28-10-9-19-47-42(28)58-39(31)33(44)21-29/h4-5,9-12,15-16,19-21,23,25,35-37,48-49H,6-8,13-14,17-18,22,24,26,45-46H2,1-3H3,(H,51,56)(H,52,55)/t35-,36-,37-/m0/s1. The molecule has 0 radical (unpaired) electrons. The van der Waals surface area contributed by atoms with Crippen molar-refractivity contribution in [2.24, 2.45) is 11.5 Å². The van der Waals surface area contributed by atoms with Crippen molar-refractivity contribution < 1.29 is 14.4 Å². The van der Waals surface area contributed by atoms with E-state index < -0.39 is 18.1 Å². The van der Waals surface area contributed by atoms with E-state index in [9.17, 15) is 14.4 Å². The summed E-state index contributed by atoms with van der Waals surface area (Å²) >= 11 is 8.56. The number of H-pyrrole nitrogens is 1. The molecule has 0 fully saturated rings. The number of likely N-dealkylation sites (N-methyl/N-ethyl adjacent to an activating group) is 1. The second kappa shape index (κ2) is 20.1. The van der Waals surface area contributed by atoms with Crippen molar-refractivity contribution in [3.8, 4) is 11.1 Å². The number of hydrogen-bond donors (Lipinski definition) is 6. The summed E-state index contributed by atoms with van der Waals surface area (Å²) in [6, 6.07) is 17.0. The van der Waals surface area contributed by atoms with Gasteiger partial charge in [0, 0.05) is 80.6 Å². The van der Waals surface area contributed by atoms with Gasteiger partial charge in [0.2, 0.25) is 17.7 Å². The number of aromatic amines is 1. The Kier molecular flexibility index (Phi) is 14.8. The lowest BCUT2D eigenvalue weighted by Crippen LogP contribution is -2.57. The highest BCUT2D eigenvalue weighted by Gasteiger charge is 2.34. The molecule has 5 aromatic rings. The maximum Gasteiger partial charge on any atom is 0.245 e. The van der Waals surface area contributed by atoms with Gasteiger partial charge in [0.15, 0.2) is 0 Å². The van der Waals surface area contributed by atoms with Crippen LogP contribution >= 0.6 is 23.4 Å². The Hall–Kier alpha value is -4.99. The molecule has 4 heterocycles. The number of aromatic nitrogens is 3. The van der Waals surface area contributed by atoms with Crippen LogP contribution in [0.1, 0.15) is 48.8 Å². The van der Waals surface area contributed by atoms with Gasteiger partial charge in [-0.1, -0.05) is 47.6 Å². The van der Waals surface area contributed by atoms with Gasteiger partial charge in [0.05, 0.1) is 11.1 Å². The molecule has 3 atom stereocenters. The molecule has 2 aromatic carbocycles. The van der Waals surface area contributed by atoms with Crippen LogP contribution in [0.25, 0.3) is 22.0 Å². The number of pyridine rings is 2. The van der Waals surface area contributed by atoms with E-state index in [0.29, 0.717) is 61.8 Å². The number of fused-ring (bicyclic) bond motifs is 3. The highest BCUT2D eigenvalue weighted by atomic mass is 35.5. The first kappa shape index (κ1) is 42.6. The Morgan fingerprint density at radius 3 is 2.43 bits per heavy atom. The van der Waals surface area contributed by atoms with Crippen molar-refractivity contribution in [3.63, 3.8) is 0 Å². The van der Waals surface area contributed by atoms with E-state index in [0.717, 1.165) is 49.4 Å². The summed E-state index contributed by atoms with van der Waals surface area (Å²) in [5, 5.41) is 11.8. The van der Waals surface area contributed by atoms with Crippen molar-refractivity contribution in [1.29, 1.82) is 0 Å². The van der Waals surface area contributed by atoms with E-state index in [4.69, 9.17) is 28.1 Å². The molecule has 0 aliphatic carbocycles. The highest BCUT2D eigenvalue weighted by molar-refractivity contribution is 7.99. The number of rotatable bonds is 11. The number of amides is 3. The maximum atomic E-state index is 14.6. The molecule has 13 nitrogen and oxygen atoms in total. The van der Waals surface area contributed by atoms with Crippen LogP contribution in [-0.2, 0) is 33.9 Å². The number of carbonyl (C=O) groups is 3. The Morgan fingerprint density at radius 1 is 0.879 bits per heavy atom. The number of nitrogens with one attached hydrogen (secondary N) is 4. The molecule has 1 aliphatic rings. The quantitative estimate of drug-likeness (QED) is 0.0990. The van der Waals surface area contributed by atoms with Gasteiger partial charge in [-0.25, -0.2) is 9.97 Å². The summed E-state index contributed by atoms with van der Waals surface area (Å²) in [5.41, 5.74) is 16.9. The van der Waals surface area contributed by atoms with Crippen LogP contribution in [0.5, 0.6) is 0 Å². The summed E-state index contributed by atoms with van der Waals surface area (Å²) in [5.74, 6) is -0.217. The van der Waals surface area contributed by atoms with E-state index in [-0.39, 0.29) is 30.7 Å². The van der Waals surface area contributed by atoms with Gasteiger partial charge in [-0.2, -0.15) is 0 Å². The van der Waals surface area contributed by atoms with Gasteiger partial charge in [0.25, 0.3) is 0 Å². The molecular formula is C43H53ClN10O3S. The van der Waals surface area contributed by atoms with E-state index in [1.54, 1.807) is 19.4 Å². The number of carbonyl (C=O) groups excluding carboxylic acids is 3. The second-order valence-corrected chi connectivity index (χ2v) is 16.2. The fourth-order valence-corrected chi connectivity index (χ4v) is 8.50. The van der Waals surface area contributed by atoms with E-state index in [1.165, 1.54) is 16.7 Å². The van der Waals surface area contributed by atoms with Crippen molar-refractivity contribution in [2.75, 3.05) is 39.1 Å². The fourth-order valence-electron chi connectivity index (χ4n) is 7.15. The molecule has 3 amide bonds. The Morgan fingerprint density at radius 2 is 1.67 bits per heavy atom. The third-order valence-corrected chi connectivity index (χ3v) is 12.1. The smallest absolute Gasteiger partial charge is 0.245 e. The molecule has 58 heavy (non-hydrogen) atoms. The Labute approximate surface area is 349 Å². The number of para-hydroxylation sites is 1. The topological polar surface area (TPSA) is 187 Å². The Balaban J connectivity index is 1.44. The third-order valence-electron chi connectivity index (χ3n) is 10.5. The zero-order chi connectivity index (χ0) is 41.2. The van der Waals surface area contributed by atoms with E-state index in [1.807, 2.05) is 85.9 Å². The molecule has 8 N–H and O–H groups in total. The lowest BCUT2D eigenvalue weighted by molar-refractivity contribution is -0.142. The lowest BCUT2D eigenvalue weighted by Gasteiger charge is -2.32. The Bertz CT molecular complexity index is 2200. The van der Waals surface area contributed by atoms with Crippen LogP contribution in [0, 0.1) is 0 Å². The first-order chi connectivity index (χ1) is 28.1. The monoisotopic (exact) mass is 824 g/mol. The molecule has 6 rings (SSSR count). The van der Waals surface area contributed by atoms with Gasteiger partial charge in [-0.15, -0.1) is 0 Å². The predicted molar refractivity (Wildman–Crippen MR) is 232 cm³/mol. The van der Waals surface area contributed by atoms with Crippen LogP contribution in [0.15, 0.2) is 89.2 Å². The summed E-state index contributed by atoms with van der Waals surface area (Å²) in [4.78, 5) is 60.1. The van der Waals surface area contributed by atoms with Crippen LogP contribution in [0.4, 0.5) is 5.82 Å². The number of halogens is 1. The molecule has 0 saturated heterocycles. The third kappa shape index (κ3) is 10.4. The van der Waals surface area contributed by atoms with Crippen molar-refractivity contribution in [3.05, 3.63) is 101 Å². The SMILES string of the molecule is CN(C)c1ccc(-c2cc(Cl)c3c(c2)CNC(=O)[C@H](Cc2c[nH]c4ccccc24)N(C)C(=O)[C@H](CCCCN)NC(=O)[C@H](CCCN)NCc2cccnc2S3)cn1. The molecule has 306 valence electrons. The maximum absolute atomic E-state index is 14.6. The van der Waals surface area contributed by atoms with Crippen molar-refractivity contribution in [2.45, 2.75) is 79.7 Å². The average molecular weight is 825 g/mol. The summed E-state index contributed by atoms with van der Waals surface area (Å²) < 4.78 is 0. The second-order valence-electron chi connectivity index (χ2n) is 14.8. The first-order valence-electron chi connectivity index (χ1n) is 19.7. The van der Waals surface area contributed by atoms with Gasteiger partial charge in [-0.05, 0) is 104 Å². The van der Waals surface area contributed by atoms with Crippen LogP contribution in [0.2, 0.25) is 5.02 Å². The van der Waals surface area contributed by atoms with E-state index >= 15 is 0 Å². The molecule has 3 aromatic heterocycles. The first-order valence-corrected chi connectivity index (χ1v) is 20.9. The minimum atomic E-state index is -0.928. The molecule has 1 aliphatic heterocycles. The zero-order valence-corrected chi connectivity index (χ0v) is 34.8. The number of anilines is 1. The normalized spacial score (nSPS) is 18.3. The number of nitrogens with zero attached hydrogens (tertiary/aromatic N) is 4. The summed E-state index contributed by atoms with van der Waals surface area (Å²) in [6.45, 7) is 1.29. The summed E-state index contributed by atoms with van der Waals surface area (Å²) in [6.07, 6.45) is 8.34. The minimum absolute atomic E-state index is 0.114. The van der Waals surface area contributed by atoms with Gasteiger partial charge < -0.3 is 42.2 Å². The number of benzene rings is 2. The minimum Gasteiger partial charge on any atom is -0.363 e. The van der Waals surface area contributed by atoms with Gasteiger partial charge in [0.1, 0.15) is 22.9 Å². The molecule has 0 unspecified atom stereocenters.